The van der Waals surface area contributed by atoms with Gasteiger partial charge in [-0.15, -0.1) is 0 Å². The van der Waals surface area contributed by atoms with Crippen molar-refractivity contribution in [2.24, 2.45) is 0 Å². The lowest BCUT2D eigenvalue weighted by Gasteiger charge is -2.07. The lowest BCUT2D eigenvalue weighted by atomic mass is 10.2. The average molecular weight is 415 g/mol. The van der Waals surface area contributed by atoms with Gasteiger partial charge in [0.2, 0.25) is 10.7 Å². The van der Waals surface area contributed by atoms with Gasteiger partial charge >= 0.3 is 0 Å². The van der Waals surface area contributed by atoms with Crippen molar-refractivity contribution in [1.82, 2.24) is 19.7 Å². The molecule has 5 nitrogen and oxygen atoms in total. The maximum absolute atomic E-state index is 12.6. The zero-order valence-corrected chi connectivity index (χ0v) is 17.5. The number of hydrogen-bond acceptors (Lipinski definition) is 3. The molecule has 0 fully saturated rings. The van der Waals surface area contributed by atoms with E-state index in [0.29, 0.717) is 17.1 Å². The molecular formula is C24H22N4OS. The topological polar surface area (TPSA) is 51.9 Å². The highest BCUT2D eigenvalue weighted by Crippen LogP contribution is 2.23. The Hall–Kier alpha value is -3.51. The monoisotopic (exact) mass is 414 g/mol. The van der Waals surface area contributed by atoms with Gasteiger partial charge in [0, 0.05) is 12.1 Å². The maximum Gasteiger partial charge on any atom is 0.242 e. The minimum atomic E-state index is -0.136. The summed E-state index contributed by atoms with van der Waals surface area (Å²) >= 11 is 5.72. The SMILES string of the molecule is Cc1cccc(-n2c(-c3ccccc3)nn(CC(=O)NCc3ccccc3)c2=S)c1. The van der Waals surface area contributed by atoms with Crippen LogP contribution in [-0.4, -0.2) is 20.3 Å². The highest BCUT2D eigenvalue weighted by Gasteiger charge is 2.16. The highest BCUT2D eigenvalue weighted by atomic mass is 32.1. The van der Waals surface area contributed by atoms with Crippen LogP contribution < -0.4 is 5.32 Å². The van der Waals surface area contributed by atoms with Crippen LogP contribution in [0.1, 0.15) is 11.1 Å². The summed E-state index contributed by atoms with van der Waals surface area (Å²) in [5, 5.41) is 7.63. The van der Waals surface area contributed by atoms with Gasteiger partial charge in [0.15, 0.2) is 5.82 Å². The fourth-order valence-electron chi connectivity index (χ4n) is 3.27. The summed E-state index contributed by atoms with van der Waals surface area (Å²) < 4.78 is 3.98. The standard InChI is InChI=1S/C24H22N4OS/c1-18-9-8-14-21(15-18)28-23(20-12-6-3-7-13-20)26-27(24(28)30)17-22(29)25-16-19-10-4-2-5-11-19/h2-15H,16-17H2,1H3,(H,25,29). The van der Waals surface area contributed by atoms with E-state index in [-0.39, 0.29) is 12.5 Å². The smallest absolute Gasteiger partial charge is 0.242 e. The molecule has 0 unspecified atom stereocenters. The molecule has 4 aromatic rings. The lowest BCUT2D eigenvalue weighted by Crippen LogP contribution is -2.27. The van der Waals surface area contributed by atoms with Gasteiger partial charge in [0.25, 0.3) is 0 Å². The summed E-state index contributed by atoms with van der Waals surface area (Å²) in [6, 6.07) is 27.8. The van der Waals surface area contributed by atoms with E-state index in [4.69, 9.17) is 17.3 Å². The van der Waals surface area contributed by atoms with E-state index in [1.807, 2.05) is 90.4 Å². The van der Waals surface area contributed by atoms with Gasteiger partial charge in [-0.1, -0.05) is 72.8 Å². The van der Waals surface area contributed by atoms with E-state index in [9.17, 15) is 4.79 Å². The molecule has 0 atom stereocenters. The first-order valence-electron chi connectivity index (χ1n) is 9.75. The number of aromatic nitrogens is 3. The molecular weight excluding hydrogens is 392 g/mol. The van der Waals surface area contributed by atoms with E-state index in [2.05, 4.69) is 11.4 Å². The Morgan fingerprint density at radius 3 is 2.37 bits per heavy atom. The van der Waals surface area contributed by atoms with Crippen LogP contribution in [-0.2, 0) is 17.9 Å². The normalized spacial score (nSPS) is 10.7. The molecule has 0 aliphatic heterocycles. The number of benzene rings is 3. The van der Waals surface area contributed by atoms with Crippen LogP contribution in [0.2, 0.25) is 0 Å². The predicted octanol–water partition coefficient (Wildman–Crippen LogP) is 4.70. The van der Waals surface area contributed by atoms with Gasteiger partial charge < -0.3 is 5.32 Å². The molecule has 30 heavy (non-hydrogen) atoms. The van der Waals surface area contributed by atoms with E-state index in [0.717, 1.165) is 22.4 Å². The van der Waals surface area contributed by atoms with Gasteiger partial charge in [0.1, 0.15) is 6.54 Å². The molecule has 1 heterocycles. The summed E-state index contributed by atoms with van der Waals surface area (Å²) in [6.45, 7) is 2.57. The number of rotatable bonds is 6. The number of hydrogen-bond donors (Lipinski definition) is 1. The Labute approximate surface area is 180 Å². The molecule has 0 saturated heterocycles. The van der Waals surface area contributed by atoms with Gasteiger partial charge in [-0.3, -0.25) is 9.36 Å². The van der Waals surface area contributed by atoms with Crippen molar-refractivity contribution in [3.8, 4) is 17.1 Å². The van der Waals surface area contributed by atoms with Crippen molar-refractivity contribution in [2.75, 3.05) is 0 Å². The highest BCUT2D eigenvalue weighted by molar-refractivity contribution is 7.71. The fourth-order valence-corrected chi connectivity index (χ4v) is 3.57. The van der Waals surface area contributed by atoms with E-state index in [1.54, 1.807) is 4.68 Å². The molecule has 0 radical (unpaired) electrons. The third kappa shape index (κ3) is 4.39. The molecule has 0 aliphatic carbocycles. The van der Waals surface area contributed by atoms with E-state index < -0.39 is 0 Å². The zero-order valence-electron chi connectivity index (χ0n) is 16.7. The second-order valence-corrected chi connectivity index (χ2v) is 7.43. The number of carbonyl (C=O) groups is 1. The summed E-state index contributed by atoms with van der Waals surface area (Å²) in [5.74, 6) is 0.575. The summed E-state index contributed by atoms with van der Waals surface area (Å²) in [5.41, 5.74) is 4.04. The molecule has 6 heteroatoms. The minimum Gasteiger partial charge on any atom is -0.350 e. The molecule has 1 N–H and O–H groups in total. The Kier molecular flexibility index (Phi) is 5.86. The van der Waals surface area contributed by atoms with Crippen LogP contribution in [0.15, 0.2) is 84.9 Å². The van der Waals surface area contributed by atoms with E-state index in [1.165, 1.54) is 0 Å². The molecule has 150 valence electrons. The molecule has 0 spiro atoms. The predicted molar refractivity (Wildman–Crippen MR) is 121 cm³/mol. The van der Waals surface area contributed by atoms with Gasteiger partial charge in [0.05, 0.1) is 5.69 Å². The van der Waals surface area contributed by atoms with Crippen molar-refractivity contribution in [1.29, 1.82) is 0 Å². The molecule has 0 saturated carbocycles. The first-order chi connectivity index (χ1) is 14.6. The Morgan fingerprint density at radius 2 is 1.67 bits per heavy atom. The van der Waals surface area contributed by atoms with Gasteiger partial charge in [-0.05, 0) is 42.4 Å². The lowest BCUT2D eigenvalue weighted by molar-refractivity contribution is -0.122. The van der Waals surface area contributed by atoms with Crippen LogP contribution in [0.5, 0.6) is 0 Å². The number of aryl methyl sites for hydroxylation is 1. The molecule has 1 aromatic heterocycles. The van der Waals surface area contributed by atoms with Crippen molar-refractivity contribution >= 4 is 18.1 Å². The first-order valence-corrected chi connectivity index (χ1v) is 10.2. The van der Waals surface area contributed by atoms with Gasteiger partial charge in [-0.25, -0.2) is 4.68 Å². The zero-order chi connectivity index (χ0) is 20.9. The largest absolute Gasteiger partial charge is 0.350 e. The minimum absolute atomic E-state index is 0.0598. The number of nitrogens with zero attached hydrogens (tertiary/aromatic N) is 3. The van der Waals surface area contributed by atoms with Crippen molar-refractivity contribution < 1.29 is 4.79 Å². The fraction of sp³-hybridized carbons (Fsp3) is 0.125. The molecule has 0 bridgehead atoms. The molecule has 3 aromatic carbocycles. The van der Waals surface area contributed by atoms with Crippen LogP contribution in [0, 0.1) is 11.7 Å². The molecule has 4 rings (SSSR count). The third-order valence-electron chi connectivity index (χ3n) is 4.76. The summed E-state index contributed by atoms with van der Waals surface area (Å²) in [6.07, 6.45) is 0. The third-order valence-corrected chi connectivity index (χ3v) is 5.15. The first kappa shape index (κ1) is 19.8. The van der Waals surface area contributed by atoms with Crippen molar-refractivity contribution in [2.45, 2.75) is 20.0 Å². The van der Waals surface area contributed by atoms with Crippen molar-refractivity contribution in [3.63, 3.8) is 0 Å². The Balaban J connectivity index is 1.66. The Morgan fingerprint density at radius 1 is 0.967 bits per heavy atom. The number of carbonyl (C=O) groups excluding carboxylic acids is 1. The van der Waals surface area contributed by atoms with Crippen LogP contribution in [0.25, 0.3) is 17.1 Å². The second-order valence-electron chi connectivity index (χ2n) is 7.07. The summed E-state index contributed by atoms with van der Waals surface area (Å²) in [4.78, 5) is 12.6. The van der Waals surface area contributed by atoms with Crippen LogP contribution >= 0.6 is 12.2 Å². The van der Waals surface area contributed by atoms with Gasteiger partial charge in [-0.2, -0.15) is 5.10 Å². The van der Waals surface area contributed by atoms with Crippen LogP contribution in [0.4, 0.5) is 0 Å². The average Bonchev–Trinajstić information content (AvgIpc) is 3.09. The van der Waals surface area contributed by atoms with Crippen molar-refractivity contribution in [3.05, 3.63) is 101 Å². The van der Waals surface area contributed by atoms with E-state index >= 15 is 0 Å². The maximum atomic E-state index is 12.6. The molecule has 0 aliphatic rings. The Bertz CT molecular complexity index is 1210. The number of amides is 1. The molecule has 1 amide bonds. The van der Waals surface area contributed by atoms with Crippen LogP contribution in [0.3, 0.4) is 0 Å². The number of nitrogens with one attached hydrogen (secondary N) is 1. The quantitative estimate of drug-likeness (QED) is 0.466. The summed E-state index contributed by atoms with van der Waals surface area (Å²) in [7, 11) is 0. The second kappa shape index (κ2) is 8.88.